The highest BCUT2D eigenvalue weighted by atomic mass is 35.5. The summed E-state index contributed by atoms with van der Waals surface area (Å²) in [6, 6.07) is 16.9. The molecule has 43 heavy (non-hydrogen) atoms. The lowest BCUT2D eigenvalue weighted by Crippen LogP contribution is -2.55. The van der Waals surface area contributed by atoms with Gasteiger partial charge < -0.3 is 15.0 Å². The van der Waals surface area contributed by atoms with Gasteiger partial charge in [0.15, 0.2) is 0 Å². The molecule has 0 aliphatic heterocycles. The van der Waals surface area contributed by atoms with Crippen LogP contribution in [0.1, 0.15) is 52.2 Å². The Balaban J connectivity index is 2.11. The van der Waals surface area contributed by atoms with Crippen molar-refractivity contribution in [2.24, 2.45) is 0 Å². The molecule has 2 amide bonds. The molecule has 8 nitrogen and oxygen atoms in total. The zero-order valence-electron chi connectivity index (χ0n) is 25.4. The summed E-state index contributed by atoms with van der Waals surface area (Å²) in [4.78, 5) is 29.1. The largest absolute Gasteiger partial charge is 0.494 e. The molecule has 11 heteroatoms. The standard InChI is InChI=1S/C32H39Cl2N3O5S/c1-7-29(31(39)35-32(4,5)6)36(20-26-27(33)10-9-11-28(26)34)30(38)21-37(23-14-16-24(17-15-23)42-8-2)43(40,41)25-18-12-22(3)13-19-25/h9-19,29H,7-8,20-21H2,1-6H3,(H,35,39)/t29-/m0/s1. The normalized spacial score (nSPS) is 12.4. The van der Waals surface area contributed by atoms with Gasteiger partial charge in [0.05, 0.1) is 17.2 Å². The van der Waals surface area contributed by atoms with Crippen LogP contribution in [-0.4, -0.2) is 49.9 Å². The van der Waals surface area contributed by atoms with E-state index in [9.17, 15) is 18.0 Å². The highest BCUT2D eigenvalue weighted by Gasteiger charge is 2.35. The molecule has 0 saturated carbocycles. The van der Waals surface area contributed by atoms with Crippen LogP contribution in [0, 0.1) is 6.92 Å². The highest BCUT2D eigenvalue weighted by Crippen LogP contribution is 2.29. The number of benzene rings is 3. The molecule has 3 aromatic rings. The smallest absolute Gasteiger partial charge is 0.264 e. The summed E-state index contributed by atoms with van der Waals surface area (Å²) < 4.78 is 34.7. The Morgan fingerprint density at radius 2 is 1.51 bits per heavy atom. The molecule has 0 saturated heterocycles. The summed E-state index contributed by atoms with van der Waals surface area (Å²) >= 11 is 13.0. The van der Waals surface area contributed by atoms with E-state index in [1.807, 2.05) is 34.6 Å². The summed E-state index contributed by atoms with van der Waals surface area (Å²) in [6.07, 6.45) is 0.267. The lowest BCUT2D eigenvalue weighted by Gasteiger charge is -2.35. The van der Waals surface area contributed by atoms with Crippen LogP contribution >= 0.6 is 23.2 Å². The third-order valence-corrected chi connectivity index (χ3v) is 9.09. The average Bonchev–Trinajstić information content (AvgIpc) is 2.93. The first-order valence-electron chi connectivity index (χ1n) is 14.0. The number of hydrogen-bond donors (Lipinski definition) is 1. The maximum atomic E-state index is 14.3. The number of carbonyl (C=O) groups is 2. The lowest BCUT2D eigenvalue weighted by atomic mass is 10.1. The number of ether oxygens (including phenoxy) is 1. The number of halogens is 2. The monoisotopic (exact) mass is 647 g/mol. The molecule has 0 spiro atoms. The molecule has 3 rings (SSSR count). The molecule has 3 aromatic carbocycles. The van der Waals surface area contributed by atoms with Crippen molar-refractivity contribution >= 4 is 50.7 Å². The number of anilines is 1. The zero-order chi connectivity index (χ0) is 31.9. The maximum Gasteiger partial charge on any atom is 0.264 e. The van der Waals surface area contributed by atoms with Gasteiger partial charge in [0.2, 0.25) is 11.8 Å². The topological polar surface area (TPSA) is 96.0 Å². The molecule has 1 atom stereocenters. The Morgan fingerprint density at radius 3 is 2.02 bits per heavy atom. The van der Waals surface area contributed by atoms with E-state index in [1.54, 1.807) is 61.5 Å². The van der Waals surface area contributed by atoms with E-state index in [0.29, 0.717) is 28.0 Å². The van der Waals surface area contributed by atoms with E-state index in [2.05, 4.69) is 5.32 Å². The molecule has 1 N–H and O–H groups in total. The number of nitrogens with one attached hydrogen (secondary N) is 1. The van der Waals surface area contributed by atoms with Crippen LogP contribution in [0.4, 0.5) is 5.69 Å². The predicted octanol–water partition coefficient (Wildman–Crippen LogP) is 6.62. The van der Waals surface area contributed by atoms with E-state index < -0.39 is 34.1 Å². The van der Waals surface area contributed by atoms with E-state index in [4.69, 9.17) is 27.9 Å². The van der Waals surface area contributed by atoms with Crippen molar-refractivity contribution in [3.05, 3.63) is 87.9 Å². The van der Waals surface area contributed by atoms with Gasteiger partial charge >= 0.3 is 0 Å². The molecule has 232 valence electrons. The fraction of sp³-hybridized carbons (Fsp3) is 0.375. The molecular weight excluding hydrogens is 609 g/mol. The van der Waals surface area contributed by atoms with Crippen LogP contribution in [0.5, 0.6) is 5.75 Å². The maximum absolute atomic E-state index is 14.3. The number of hydrogen-bond acceptors (Lipinski definition) is 5. The number of sulfonamides is 1. The van der Waals surface area contributed by atoms with Gasteiger partial charge in [-0.3, -0.25) is 13.9 Å². The summed E-state index contributed by atoms with van der Waals surface area (Å²) in [5.41, 5.74) is 1.04. The van der Waals surface area contributed by atoms with Crippen LogP contribution in [0.15, 0.2) is 71.6 Å². The molecule has 0 aliphatic rings. The van der Waals surface area contributed by atoms with Crippen LogP contribution in [0.2, 0.25) is 10.0 Å². The Bertz CT molecular complexity index is 1500. The van der Waals surface area contributed by atoms with E-state index in [-0.39, 0.29) is 29.5 Å². The molecule has 0 aromatic heterocycles. The highest BCUT2D eigenvalue weighted by molar-refractivity contribution is 7.92. The molecule has 0 aliphatic carbocycles. The fourth-order valence-electron chi connectivity index (χ4n) is 4.47. The minimum Gasteiger partial charge on any atom is -0.494 e. The summed E-state index contributed by atoms with van der Waals surface area (Å²) in [5, 5.41) is 3.59. The number of carbonyl (C=O) groups excluding carboxylic acids is 2. The number of rotatable bonds is 12. The van der Waals surface area contributed by atoms with Crippen molar-refractivity contribution < 1.29 is 22.7 Å². The molecule has 0 radical (unpaired) electrons. The Hall–Kier alpha value is -3.27. The van der Waals surface area contributed by atoms with Crippen LogP contribution in [0.25, 0.3) is 0 Å². The zero-order valence-corrected chi connectivity index (χ0v) is 27.7. The second kappa shape index (κ2) is 14.5. The third-order valence-electron chi connectivity index (χ3n) is 6.60. The minimum absolute atomic E-state index is 0.0259. The molecule has 0 fully saturated rings. The quantitative estimate of drug-likeness (QED) is 0.238. The Kier molecular flexibility index (Phi) is 11.5. The first-order valence-corrected chi connectivity index (χ1v) is 16.2. The number of aryl methyl sites for hydroxylation is 1. The number of nitrogens with zero attached hydrogens (tertiary/aromatic N) is 2. The van der Waals surface area contributed by atoms with E-state index >= 15 is 0 Å². The summed E-state index contributed by atoms with van der Waals surface area (Å²) in [5.74, 6) is -0.415. The van der Waals surface area contributed by atoms with Crippen molar-refractivity contribution in [1.82, 2.24) is 10.2 Å². The van der Waals surface area contributed by atoms with Crippen molar-refractivity contribution in [2.75, 3.05) is 17.5 Å². The third kappa shape index (κ3) is 8.87. The Labute approximate surface area is 265 Å². The fourth-order valence-corrected chi connectivity index (χ4v) is 6.40. The first-order chi connectivity index (χ1) is 20.2. The van der Waals surface area contributed by atoms with Crippen molar-refractivity contribution in [2.45, 2.75) is 71.0 Å². The molecule has 0 unspecified atom stereocenters. The van der Waals surface area contributed by atoms with Crippen LogP contribution < -0.4 is 14.4 Å². The second-order valence-corrected chi connectivity index (χ2v) is 13.8. The lowest BCUT2D eigenvalue weighted by molar-refractivity contribution is -0.141. The van der Waals surface area contributed by atoms with Gasteiger partial charge in [-0.15, -0.1) is 0 Å². The van der Waals surface area contributed by atoms with Gasteiger partial charge in [-0.05, 0) is 89.6 Å². The van der Waals surface area contributed by atoms with Gasteiger partial charge in [-0.2, -0.15) is 0 Å². The van der Waals surface area contributed by atoms with Gasteiger partial charge in [-0.25, -0.2) is 8.42 Å². The average molecular weight is 649 g/mol. The number of amides is 2. The van der Waals surface area contributed by atoms with Gasteiger partial charge in [0, 0.05) is 27.7 Å². The van der Waals surface area contributed by atoms with Crippen molar-refractivity contribution in [1.29, 1.82) is 0 Å². The minimum atomic E-state index is -4.20. The van der Waals surface area contributed by atoms with Crippen LogP contribution in [0.3, 0.4) is 0 Å². The molecule has 0 bridgehead atoms. The van der Waals surface area contributed by atoms with Crippen molar-refractivity contribution in [3.8, 4) is 5.75 Å². The molecule has 0 heterocycles. The summed E-state index contributed by atoms with van der Waals surface area (Å²) in [7, 11) is -4.20. The Morgan fingerprint density at radius 1 is 0.930 bits per heavy atom. The summed E-state index contributed by atoms with van der Waals surface area (Å²) in [6.45, 7) is 10.8. The van der Waals surface area contributed by atoms with Crippen molar-refractivity contribution in [3.63, 3.8) is 0 Å². The van der Waals surface area contributed by atoms with E-state index in [0.717, 1.165) is 9.87 Å². The van der Waals surface area contributed by atoms with Gasteiger partial charge in [-0.1, -0.05) is 53.9 Å². The van der Waals surface area contributed by atoms with Gasteiger partial charge in [0.1, 0.15) is 18.3 Å². The predicted molar refractivity (Wildman–Crippen MR) is 172 cm³/mol. The second-order valence-electron chi connectivity index (χ2n) is 11.1. The molecular formula is C32H39Cl2N3O5S. The first kappa shape index (κ1) is 34.2. The SMILES string of the molecule is CCOc1ccc(N(CC(=O)N(Cc2c(Cl)cccc2Cl)[C@@H](CC)C(=O)NC(C)(C)C)S(=O)(=O)c2ccc(C)cc2)cc1. The van der Waals surface area contributed by atoms with E-state index in [1.165, 1.54) is 17.0 Å². The van der Waals surface area contributed by atoms with Gasteiger partial charge in [0.25, 0.3) is 10.0 Å². The van der Waals surface area contributed by atoms with Crippen LogP contribution in [-0.2, 0) is 26.2 Å².